The quantitative estimate of drug-likeness (QED) is 0.803. The van der Waals surface area contributed by atoms with E-state index in [1.165, 1.54) is 0 Å². The molecule has 4 rings (SSSR count). The van der Waals surface area contributed by atoms with Gasteiger partial charge in [-0.05, 0) is 61.1 Å². The van der Waals surface area contributed by atoms with Gasteiger partial charge in [-0.3, -0.25) is 4.99 Å². The Kier molecular flexibility index (Phi) is 4.78. The molecule has 2 aromatic rings. The van der Waals surface area contributed by atoms with Crippen molar-refractivity contribution in [1.29, 1.82) is 0 Å². The molecule has 1 saturated carbocycles. The number of hydrogen-bond acceptors (Lipinski definition) is 5. The predicted molar refractivity (Wildman–Crippen MR) is 111 cm³/mol. The Morgan fingerprint density at radius 3 is 2.56 bits per heavy atom. The lowest BCUT2D eigenvalue weighted by Gasteiger charge is -2.30. The highest BCUT2D eigenvalue weighted by molar-refractivity contribution is 8.13. The van der Waals surface area contributed by atoms with Crippen LogP contribution in [0.4, 0.5) is 0 Å². The molecule has 1 fully saturated rings. The third kappa shape index (κ3) is 4.05. The number of hydrogen-bond donors (Lipinski definition) is 2. The van der Waals surface area contributed by atoms with Gasteiger partial charge in [0.1, 0.15) is 0 Å². The molecule has 7 heteroatoms. The van der Waals surface area contributed by atoms with Gasteiger partial charge >= 0.3 is 0 Å². The molecule has 1 aliphatic heterocycles. The van der Waals surface area contributed by atoms with Crippen LogP contribution in [-0.4, -0.2) is 25.4 Å². The molecule has 0 spiro atoms. The zero-order valence-electron chi connectivity index (χ0n) is 15.2. The number of sulfonamides is 1. The molecule has 27 heavy (non-hydrogen) atoms. The molecule has 5 nitrogen and oxygen atoms in total. The summed E-state index contributed by atoms with van der Waals surface area (Å²) in [5, 5.41) is 0.619. The number of amidine groups is 1. The van der Waals surface area contributed by atoms with Gasteiger partial charge in [0, 0.05) is 11.8 Å². The Morgan fingerprint density at radius 1 is 1.15 bits per heavy atom. The fraction of sp³-hybridized carbons (Fsp3) is 0.350. The van der Waals surface area contributed by atoms with Gasteiger partial charge in [0.2, 0.25) is 10.0 Å². The van der Waals surface area contributed by atoms with E-state index in [2.05, 4.69) is 28.8 Å². The van der Waals surface area contributed by atoms with Crippen LogP contribution in [0.3, 0.4) is 0 Å². The second kappa shape index (κ2) is 6.96. The number of rotatable bonds is 5. The Bertz CT molecular complexity index is 1000. The monoisotopic (exact) mass is 401 g/mol. The molecule has 1 heterocycles. The van der Waals surface area contributed by atoms with E-state index in [-0.39, 0.29) is 11.6 Å². The molecule has 0 unspecified atom stereocenters. The highest BCUT2D eigenvalue weighted by atomic mass is 32.2. The SMILES string of the molecule is C[C@@]1(c2cccc(-c3cccc(S(=O)(=O)NC4CC4)c3)c2)CCSC(N)=N1. The molecule has 3 N–H and O–H groups in total. The second-order valence-corrected chi connectivity index (χ2v) is 10.2. The van der Waals surface area contributed by atoms with E-state index < -0.39 is 10.0 Å². The lowest BCUT2D eigenvalue weighted by molar-refractivity contribution is 0.482. The normalized spacial score (nSPS) is 23.1. The summed E-state index contributed by atoms with van der Waals surface area (Å²) in [4.78, 5) is 4.97. The fourth-order valence-electron chi connectivity index (χ4n) is 3.26. The summed E-state index contributed by atoms with van der Waals surface area (Å²) in [7, 11) is -3.47. The molecule has 2 aliphatic rings. The first kappa shape index (κ1) is 18.5. The third-order valence-electron chi connectivity index (χ3n) is 5.06. The van der Waals surface area contributed by atoms with Crippen LogP contribution < -0.4 is 10.5 Å². The second-order valence-electron chi connectivity index (χ2n) is 7.33. The third-order valence-corrected chi connectivity index (χ3v) is 7.37. The first-order valence-electron chi connectivity index (χ1n) is 9.07. The van der Waals surface area contributed by atoms with E-state index in [9.17, 15) is 8.42 Å². The smallest absolute Gasteiger partial charge is 0.240 e. The van der Waals surface area contributed by atoms with E-state index in [1.807, 2.05) is 18.2 Å². The number of thioether (sulfide) groups is 1. The van der Waals surface area contributed by atoms with Crippen molar-refractivity contribution in [3.63, 3.8) is 0 Å². The van der Waals surface area contributed by atoms with Crippen molar-refractivity contribution in [3.05, 3.63) is 54.1 Å². The maximum absolute atomic E-state index is 12.5. The molecular formula is C20H23N3O2S2. The van der Waals surface area contributed by atoms with E-state index in [1.54, 1.807) is 30.0 Å². The lowest BCUT2D eigenvalue weighted by atomic mass is 9.88. The summed E-state index contributed by atoms with van der Waals surface area (Å²) < 4.78 is 27.8. The summed E-state index contributed by atoms with van der Waals surface area (Å²) in [6.07, 6.45) is 2.75. The summed E-state index contributed by atoms with van der Waals surface area (Å²) in [6.45, 7) is 2.10. The number of nitrogens with two attached hydrogens (primary N) is 1. The molecule has 142 valence electrons. The van der Waals surface area contributed by atoms with Gasteiger partial charge in [-0.15, -0.1) is 0 Å². The zero-order valence-corrected chi connectivity index (χ0v) is 16.8. The van der Waals surface area contributed by atoms with Crippen LogP contribution in [-0.2, 0) is 15.6 Å². The van der Waals surface area contributed by atoms with Crippen molar-refractivity contribution in [3.8, 4) is 11.1 Å². The van der Waals surface area contributed by atoms with Crippen LogP contribution in [0, 0.1) is 0 Å². The molecule has 1 atom stereocenters. The van der Waals surface area contributed by atoms with Crippen LogP contribution in [0.5, 0.6) is 0 Å². The molecule has 0 bridgehead atoms. The van der Waals surface area contributed by atoms with Gasteiger partial charge in [0.25, 0.3) is 0 Å². The molecule has 0 saturated heterocycles. The molecular weight excluding hydrogens is 378 g/mol. The van der Waals surface area contributed by atoms with Crippen molar-refractivity contribution in [2.45, 2.75) is 42.7 Å². The average Bonchev–Trinajstić information content (AvgIpc) is 3.45. The maximum Gasteiger partial charge on any atom is 0.240 e. The van der Waals surface area contributed by atoms with E-state index in [0.717, 1.165) is 41.7 Å². The summed E-state index contributed by atoms with van der Waals surface area (Å²) in [6, 6.07) is 15.3. The minimum absolute atomic E-state index is 0.0921. The van der Waals surface area contributed by atoms with Gasteiger partial charge in [0.05, 0.1) is 10.4 Å². The fourth-order valence-corrected chi connectivity index (χ4v) is 5.58. The molecule has 1 aliphatic carbocycles. The summed E-state index contributed by atoms with van der Waals surface area (Å²) in [5.74, 6) is 0.941. The zero-order chi connectivity index (χ0) is 19.1. The van der Waals surface area contributed by atoms with Crippen LogP contribution in [0.15, 0.2) is 58.4 Å². The topological polar surface area (TPSA) is 84.5 Å². The largest absolute Gasteiger partial charge is 0.379 e. The Morgan fingerprint density at radius 2 is 1.85 bits per heavy atom. The molecule has 0 aromatic heterocycles. The predicted octanol–water partition coefficient (Wildman–Crippen LogP) is 3.46. The Labute approximate surface area is 164 Å². The van der Waals surface area contributed by atoms with E-state index in [0.29, 0.717) is 10.1 Å². The molecule has 0 radical (unpaired) electrons. The summed E-state index contributed by atoms with van der Waals surface area (Å²) >= 11 is 1.58. The molecule has 0 amide bonds. The van der Waals surface area contributed by atoms with Gasteiger partial charge in [-0.25, -0.2) is 13.1 Å². The first-order valence-corrected chi connectivity index (χ1v) is 11.5. The van der Waals surface area contributed by atoms with Crippen molar-refractivity contribution in [2.24, 2.45) is 10.7 Å². The minimum Gasteiger partial charge on any atom is -0.379 e. The van der Waals surface area contributed by atoms with E-state index in [4.69, 9.17) is 5.73 Å². The van der Waals surface area contributed by atoms with Crippen molar-refractivity contribution < 1.29 is 8.42 Å². The number of aliphatic imine (C=N–C) groups is 1. The number of benzene rings is 2. The maximum atomic E-state index is 12.5. The lowest BCUT2D eigenvalue weighted by Crippen LogP contribution is -2.28. The number of nitrogens with zero attached hydrogens (tertiary/aromatic N) is 1. The van der Waals surface area contributed by atoms with Crippen molar-refractivity contribution in [2.75, 3.05) is 5.75 Å². The Hall–Kier alpha value is -1.83. The van der Waals surface area contributed by atoms with Crippen LogP contribution in [0.1, 0.15) is 31.7 Å². The van der Waals surface area contributed by atoms with Crippen molar-refractivity contribution >= 4 is 27.0 Å². The number of nitrogens with one attached hydrogen (secondary N) is 1. The van der Waals surface area contributed by atoms with Crippen molar-refractivity contribution in [1.82, 2.24) is 4.72 Å². The van der Waals surface area contributed by atoms with Gasteiger partial charge in [-0.1, -0.05) is 42.1 Å². The van der Waals surface area contributed by atoms with Gasteiger partial charge < -0.3 is 5.73 Å². The van der Waals surface area contributed by atoms with Crippen LogP contribution >= 0.6 is 11.8 Å². The highest BCUT2D eigenvalue weighted by Crippen LogP contribution is 2.36. The first-order chi connectivity index (χ1) is 12.9. The standard InChI is InChI=1S/C20H23N3O2S2/c1-20(10-11-26-19(21)22-20)16-6-2-4-14(12-16)15-5-3-7-18(13-15)27(24,25)23-17-8-9-17/h2-7,12-13,17,23H,8-11H2,1H3,(H2,21,22)/t20-/m0/s1. The summed E-state index contributed by atoms with van der Waals surface area (Å²) in [5.41, 5.74) is 8.55. The highest BCUT2D eigenvalue weighted by Gasteiger charge is 2.30. The van der Waals surface area contributed by atoms with Crippen LogP contribution in [0.2, 0.25) is 0 Å². The van der Waals surface area contributed by atoms with Crippen LogP contribution in [0.25, 0.3) is 11.1 Å². The minimum atomic E-state index is -3.47. The van der Waals surface area contributed by atoms with E-state index >= 15 is 0 Å². The average molecular weight is 402 g/mol. The molecule has 2 aromatic carbocycles. The van der Waals surface area contributed by atoms with Gasteiger partial charge in [0.15, 0.2) is 5.17 Å². The van der Waals surface area contributed by atoms with Gasteiger partial charge in [-0.2, -0.15) is 0 Å². The Balaban J connectivity index is 1.68.